The van der Waals surface area contributed by atoms with Crippen molar-refractivity contribution in [3.05, 3.63) is 0 Å². The van der Waals surface area contributed by atoms with E-state index in [2.05, 4.69) is 19.2 Å². The molecule has 4 heteroatoms. The van der Waals surface area contributed by atoms with Crippen molar-refractivity contribution in [2.24, 2.45) is 5.41 Å². The van der Waals surface area contributed by atoms with Crippen molar-refractivity contribution >= 4 is 10.8 Å². The second kappa shape index (κ2) is 6.02. The second-order valence-electron chi connectivity index (χ2n) is 5.87. The van der Waals surface area contributed by atoms with Crippen LogP contribution in [0.3, 0.4) is 0 Å². The molecule has 0 saturated heterocycles. The number of hydrogen-bond donors (Lipinski definition) is 1. The van der Waals surface area contributed by atoms with Gasteiger partial charge in [0.1, 0.15) is 0 Å². The van der Waals surface area contributed by atoms with Crippen LogP contribution in [-0.4, -0.2) is 41.0 Å². The Morgan fingerprint density at radius 3 is 2.72 bits per heavy atom. The Balaban J connectivity index is 1.73. The van der Waals surface area contributed by atoms with Crippen LogP contribution in [0.2, 0.25) is 0 Å². The van der Waals surface area contributed by atoms with Crippen molar-refractivity contribution in [1.82, 2.24) is 5.32 Å². The minimum atomic E-state index is -0.691. The first-order chi connectivity index (χ1) is 8.60. The lowest BCUT2D eigenvalue weighted by Gasteiger charge is -2.61. The van der Waals surface area contributed by atoms with Gasteiger partial charge in [-0.05, 0) is 39.2 Å². The number of ether oxygens (including phenoxy) is 1. The molecule has 18 heavy (non-hydrogen) atoms. The predicted octanol–water partition coefficient (Wildman–Crippen LogP) is 2.08. The minimum Gasteiger partial charge on any atom is -0.378 e. The topological polar surface area (TPSA) is 38.3 Å². The molecule has 2 aliphatic carbocycles. The summed E-state index contributed by atoms with van der Waals surface area (Å²) >= 11 is 0. The molecule has 1 spiro atoms. The standard InChI is InChI=1S/C14H27NO2S/c1-4-17-13-10-12(14(13)7-5-8-14)15-9-6-11(2)18(3)16/h11-13,15H,4-10H2,1-3H3. The van der Waals surface area contributed by atoms with E-state index in [4.69, 9.17) is 4.74 Å². The maximum Gasteiger partial charge on any atom is 0.0661 e. The smallest absolute Gasteiger partial charge is 0.0661 e. The van der Waals surface area contributed by atoms with E-state index in [9.17, 15) is 4.21 Å². The van der Waals surface area contributed by atoms with Crippen molar-refractivity contribution in [1.29, 1.82) is 0 Å². The first-order valence-corrected chi connectivity index (χ1v) is 8.89. The summed E-state index contributed by atoms with van der Waals surface area (Å²) < 4.78 is 17.1. The SMILES string of the molecule is CCOC1CC(NCCC(C)S(C)=O)C12CCC2. The lowest BCUT2D eigenvalue weighted by molar-refractivity contribution is -0.172. The molecule has 0 aromatic heterocycles. The van der Waals surface area contributed by atoms with Crippen molar-refractivity contribution in [2.45, 2.75) is 63.3 Å². The molecule has 3 nitrogen and oxygen atoms in total. The highest BCUT2D eigenvalue weighted by molar-refractivity contribution is 7.84. The molecule has 0 heterocycles. The third kappa shape index (κ3) is 2.66. The minimum absolute atomic E-state index is 0.303. The zero-order chi connectivity index (χ0) is 13.2. The van der Waals surface area contributed by atoms with E-state index in [1.165, 1.54) is 19.3 Å². The van der Waals surface area contributed by atoms with Gasteiger partial charge in [-0.3, -0.25) is 4.21 Å². The quantitative estimate of drug-likeness (QED) is 0.772. The van der Waals surface area contributed by atoms with Crippen LogP contribution in [-0.2, 0) is 15.5 Å². The molecule has 0 bridgehead atoms. The fourth-order valence-corrected chi connectivity index (χ4v) is 3.80. The molecule has 2 aliphatic rings. The van der Waals surface area contributed by atoms with Gasteiger partial charge in [-0.1, -0.05) is 13.3 Å². The summed E-state index contributed by atoms with van der Waals surface area (Å²) in [6.07, 6.45) is 8.47. The van der Waals surface area contributed by atoms with Crippen LogP contribution in [0.4, 0.5) is 0 Å². The van der Waals surface area contributed by atoms with E-state index < -0.39 is 10.8 Å². The molecule has 1 N–H and O–H groups in total. The predicted molar refractivity (Wildman–Crippen MR) is 76.3 cm³/mol. The average Bonchev–Trinajstić information content (AvgIpc) is 2.23. The van der Waals surface area contributed by atoms with Crippen LogP contribution in [0.5, 0.6) is 0 Å². The zero-order valence-electron chi connectivity index (χ0n) is 11.9. The summed E-state index contributed by atoms with van der Waals surface area (Å²) in [4.78, 5) is 0. The summed E-state index contributed by atoms with van der Waals surface area (Å²) in [5.41, 5.74) is 0.449. The second-order valence-corrected chi connectivity index (χ2v) is 7.67. The van der Waals surface area contributed by atoms with Gasteiger partial charge in [0.2, 0.25) is 0 Å². The molecular weight excluding hydrogens is 246 g/mol. The summed E-state index contributed by atoms with van der Waals surface area (Å²) in [6, 6.07) is 0.639. The first kappa shape index (κ1) is 14.5. The molecule has 0 radical (unpaired) electrons. The van der Waals surface area contributed by atoms with Gasteiger partial charge in [-0.15, -0.1) is 0 Å². The summed E-state index contributed by atoms with van der Waals surface area (Å²) in [5.74, 6) is 0. The molecule has 2 saturated carbocycles. The van der Waals surface area contributed by atoms with E-state index in [-0.39, 0.29) is 0 Å². The maximum absolute atomic E-state index is 11.3. The highest BCUT2D eigenvalue weighted by atomic mass is 32.2. The highest BCUT2D eigenvalue weighted by Crippen LogP contribution is 2.57. The van der Waals surface area contributed by atoms with Gasteiger partial charge in [-0.25, -0.2) is 0 Å². The largest absolute Gasteiger partial charge is 0.378 e. The Hall–Kier alpha value is 0.0700. The van der Waals surface area contributed by atoms with Crippen LogP contribution >= 0.6 is 0 Å². The van der Waals surface area contributed by atoms with Gasteiger partial charge < -0.3 is 10.1 Å². The fourth-order valence-electron chi connectivity index (χ4n) is 3.35. The van der Waals surface area contributed by atoms with Crippen LogP contribution in [0.1, 0.15) is 46.0 Å². The summed E-state index contributed by atoms with van der Waals surface area (Å²) in [5, 5.41) is 3.97. The molecule has 106 valence electrons. The lowest BCUT2D eigenvalue weighted by Crippen LogP contribution is -2.67. The van der Waals surface area contributed by atoms with Crippen molar-refractivity contribution in [3.8, 4) is 0 Å². The Kier molecular flexibility index (Phi) is 4.84. The van der Waals surface area contributed by atoms with Gasteiger partial charge in [0.25, 0.3) is 0 Å². The average molecular weight is 273 g/mol. The lowest BCUT2D eigenvalue weighted by atomic mass is 9.51. The Morgan fingerprint density at radius 2 is 2.22 bits per heavy atom. The van der Waals surface area contributed by atoms with Gasteiger partial charge in [0.15, 0.2) is 0 Å². The molecule has 0 aromatic carbocycles. The zero-order valence-corrected chi connectivity index (χ0v) is 12.7. The van der Waals surface area contributed by atoms with Gasteiger partial charge in [0.05, 0.1) is 6.10 Å². The fraction of sp³-hybridized carbons (Fsp3) is 1.00. The normalized spacial score (nSPS) is 32.6. The van der Waals surface area contributed by atoms with Crippen LogP contribution in [0, 0.1) is 5.41 Å². The molecule has 4 atom stereocenters. The molecule has 2 fully saturated rings. The van der Waals surface area contributed by atoms with Gasteiger partial charge in [0, 0.05) is 40.4 Å². The summed E-state index contributed by atoms with van der Waals surface area (Å²) in [6.45, 7) is 5.99. The van der Waals surface area contributed by atoms with Crippen molar-refractivity contribution < 1.29 is 8.95 Å². The van der Waals surface area contributed by atoms with E-state index in [0.29, 0.717) is 22.8 Å². The molecule has 4 unspecified atom stereocenters. The Morgan fingerprint density at radius 1 is 1.50 bits per heavy atom. The van der Waals surface area contributed by atoms with E-state index in [1.54, 1.807) is 6.26 Å². The highest BCUT2D eigenvalue weighted by Gasteiger charge is 2.58. The Bertz CT molecular complexity index is 304. The van der Waals surface area contributed by atoms with Crippen LogP contribution < -0.4 is 5.32 Å². The van der Waals surface area contributed by atoms with Crippen molar-refractivity contribution in [3.63, 3.8) is 0 Å². The van der Waals surface area contributed by atoms with Gasteiger partial charge in [-0.2, -0.15) is 0 Å². The number of rotatable bonds is 7. The van der Waals surface area contributed by atoms with Gasteiger partial charge >= 0.3 is 0 Å². The monoisotopic (exact) mass is 273 g/mol. The van der Waals surface area contributed by atoms with Crippen molar-refractivity contribution in [2.75, 3.05) is 19.4 Å². The summed E-state index contributed by atoms with van der Waals surface area (Å²) in [7, 11) is -0.691. The van der Waals surface area contributed by atoms with Crippen LogP contribution in [0.25, 0.3) is 0 Å². The number of hydrogen-bond acceptors (Lipinski definition) is 3. The Labute approximate surface area is 114 Å². The van der Waals surface area contributed by atoms with E-state index >= 15 is 0 Å². The number of nitrogens with one attached hydrogen (secondary N) is 1. The molecular formula is C14H27NO2S. The molecule has 0 aromatic rings. The molecule has 0 amide bonds. The molecule has 2 rings (SSSR count). The third-order valence-corrected chi connectivity index (χ3v) is 6.31. The van der Waals surface area contributed by atoms with Crippen LogP contribution in [0.15, 0.2) is 0 Å². The first-order valence-electron chi connectivity index (χ1n) is 7.27. The molecule has 0 aliphatic heterocycles. The van der Waals surface area contributed by atoms with E-state index in [0.717, 1.165) is 26.0 Å². The van der Waals surface area contributed by atoms with E-state index in [1.807, 2.05) is 0 Å². The third-order valence-electron chi connectivity index (χ3n) is 4.95. The maximum atomic E-state index is 11.3.